The molecule has 0 spiro atoms. The van der Waals surface area contributed by atoms with E-state index in [1.165, 1.54) is 12.1 Å². The number of aromatic amines is 2. The van der Waals surface area contributed by atoms with Crippen molar-refractivity contribution < 1.29 is 27.0 Å². The number of nitrogens with zero attached hydrogens (tertiary/aromatic N) is 12. The van der Waals surface area contributed by atoms with E-state index < -0.39 is 23.3 Å². The Morgan fingerprint density at radius 2 is 1.16 bits per heavy atom. The van der Waals surface area contributed by atoms with Gasteiger partial charge in [0.25, 0.3) is 0 Å². The Hall–Kier alpha value is -7.46. The lowest BCUT2D eigenvalue weighted by Crippen LogP contribution is -2.53. The summed E-state index contributed by atoms with van der Waals surface area (Å²) in [7, 11) is 6.02. The smallest absolute Gasteiger partial charge is 0.326 e. The predicted octanol–water partition coefficient (Wildman–Crippen LogP) is 8.16. The van der Waals surface area contributed by atoms with Crippen LogP contribution in [0.2, 0.25) is 0 Å². The molecular formula is C48H52F4N16O2. The van der Waals surface area contributed by atoms with Crippen molar-refractivity contribution in [1.29, 1.82) is 0 Å². The first-order chi connectivity index (χ1) is 33.7. The summed E-state index contributed by atoms with van der Waals surface area (Å²) in [5.41, 5.74) is 3.32. The summed E-state index contributed by atoms with van der Waals surface area (Å²) in [5, 5.41) is 16.4. The van der Waals surface area contributed by atoms with Crippen LogP contribution in [0.3, 0.4) is 0 Å². The topological polar surface area (TPSA) is 174 Å². The Morgan fingerprint density at radius 3 is 1.73 bits per heavy atom. The van der Waals surface area contributed by atoms with Crippen molar-refractivity contribution in [3.05, 3.63) is 94.6 Å². The average Bonchev–Trinajstić information content (AvgIpc) is 3.57. The monoisotopic (exact) mass is 960 g/mol. The van der Waals surface area contributed by atoms with Gasteiger partial charge < -0.3 is 44.8 Å². The van der Waals surface area contributed by atoms with Gasteiger partial charge in [-0.1, -0.05) is 0 Å². The van der Waals surface area contributed by atoms with Gasteiger partial charge in [-0.25, -0.2) is 17.6 Å². The van der Waals surface area contributed by atoms with Crippen LogP contribution in [0.25, 0.3) is 21.8 Å². The molecule has 8 heterocycles. The third-order valence-electron chi connectivity index (χ3n) is 13.3. The maximum atomic E-state index is 15.8. The summed E-state index contributed by atoms with van der Waals surface area (Å²) < 4.78 is 77.6. The van der Waals surface area contributed by atoms with Crippen LogP contribution in [0.4, 0.5) is 52.5 Å². The molecule has 2 aromatic carbocycles. The van der Waals surface area contributed by atoms with Gasteiger partial charge in [-0.3, -0.25) is 14.3 Å². The van der Waals surface area contributed by atoms with Crippen molar-refractivity contribution in [2.24, 2.45) is 7.05 Å². The number of rotatable bonds is 13. The number of aryl methyl sites for hydroxylation is 4. The molecule has 18 nitrogen and oxygen atoms in total. The second kappa shape index (κ2) is 17.8. The second-order valence-electron chi connectivity index (χ2n) is 18.6. The molecule has 11 rings (SSSR count). The summed E-state index contributed by atoms with van der Waals surface area (Å²) in [6.45, 7) is 10.7. The normalized spacial score (nSPS) is 17.0. The zero-order valence-corrected chi connectivity index (χ0v) is 39.5. The van der Waals surface area contributed by atoms with Crippen molar-refractivity contribution in [2.75, 3.05) is 80.3 Å². The van der Waals surface area contributed by atoms with Crippen LogP contribution in [0.5, 0.6) is 23.5 Å². The number of ether oxygens (including phenoxy) is 2. The van der Waals surface area contributed by atoms with Gasteiger partial charge in [0.2, 0.25) is 0 Å². The van der Waals surface area contributed by atoms with Gasteiger partial charge in [0.05, 0.1) is 17.6 Å². The van der Waals surface area contributed by atoms with Crippen LogP contribution >= 0.6 is 0 Å². The van der Waals surface area contributed by atoms with E-state index in [-0.39, 0.29) is 51.4 Å². The van der Waals surface area contributed by atoms with Gasteiger partial charge in [0.1, 0.15) is 23.3 Å². The Morgan fingerprint density at radius 1 is 0.614 bits per heavy atom. The molecule has 1 unspecified atom stereocenters. The molecular weight excluding hydrogens is 909 g/mol. The second-order valence-corrected chi connectivity index (χ2v) is 18.6. The predicted molar refractivity (Wildman–Crippen MR) is 257 cm³/mol. The highest BCUT2D eigenvalue weighted by molar-refractivity contribution is 5.84. The average molecular weight is 961 g/mol. The quantitative estimate of drug-likeness (QED) is 0.0815. The lowest BCUT2D eigenvalue weighted by molar-refractivity contribution is 0.192. The third kappa shape index (κ3) is 8.99. The number of hydrogen-bond donors (Lipinski definition) is 4. The van der Waals surface area contributed by atoms with Gasteiger partial charge in [-0.15, -0.1) is 0 Å². The van der Waals surface area contributed by atoms with Crippen LogP contribution in [0, 0.1) is 44.0 Å². The summed E-state index contributed by atoms with van der Waals surface area (Å²) >= 11 is 0. The molecule has 6 aromatic heterocycles. The highest BCUT2D eigenvalue weighted by Crippen LogP contribution is 2.41. The third-order valence-corrected chi connectivity index (χ3v) is 13.3. The molecule has 1 atom stereocenters. The fourth-order valence-electron chi connectivity index (χ4n) is 9.29. The number of anilines is 6. The number of H-pyrrole nitrogens is 2. The molecule has 70 heavy (non-hydrogen) atoms. The number of hydrogen-bond acceptors (Lipinski definition) is 14. The minimum absolute atomic E-state index is 0.0528. The van der Waals surface area contributed by atoms with Crippen molar-refractivity contribution in [3.8, 4) is 23.5 Å². The molecule has 364 valence electrons. The number of halogens is 4. The van der Waals surface area contributed by atoms with Gasteiger partial charge in [0.15, 0.2) is 46.4 Å². The molecule has 1 saturated carbocycles. The van der Waals surface area contributed by atoms with E-state index in [2.05, 4.69) is 74.3 Å². The van der Waals surface area contributed by atoms with Crippen molar-refractivity contribution >= 4 is 56.7 Å². The van der Waals surface area contributed by atoms with E-state index in [1.807, 2.05) is 35.5 Å². The zero-order valence-electron chi connectivity index (χ0n) is 39.5. The number of benzene rings is 2. The van der Waals surface area contributed by atoms with Crippen molar-refractivity contribution in [2.45, 2.75) is 52.1 Å². The first-order valence-electron chi connectivity index (χ1n) is 23.3. The molecule has 22 heteroatoms. The van der Waals surface area contributed by atoms with Crippen LogP contribution in [-0.4, -0.2) is 125 Å². The highest BCUT2D eigenvalue weighted by atomic mass is 19.1. The van der Waals surface area contributed by atoms with Crippen LogP contribution < -0.4 is 29.9 Å². The van der Waals surface area contributed by atoms with Gasteiger partial charge >= 0.3 is 12.0 Å². The largest absolute Gasteiger partial charge is 0.421 e. The standard InChI is InChI=1S/C48H52F4N16O2/c1-25-15-30-43(51)35(18-32(49)45(30)53-25)69-47-57-37(21-41(59-47)66-12-9-63(4)10-13-66)55-39-17-27(3)68(62-39)24-29-23-67(14-11-64(29)5)42-22-38(56-40-20-34(28-7-8-28)65(6)61-40)58-48(60-42)70-36-19-33(50)46-31(44(36)52)16-26(2)54-46/h15-22,28-29,53-54H,7-14,23-24H2,1-6H3,(H,55,57,59,62)(H,56,58,60,61). The van der Waals surface area contributed by atoms with E-state index in [9.17, 15) is 0 Å². The van der Waals surface area contributed by atoms with E-state index >= 15 is 17.6 Å². The van der Waals surface area contributed by atoms with Crippen LogP contribution in [0.1, 0.15) is 41.5 Å². The molecule has 0 bridgehead atoms. The molecule has 1 aliphatic carbocycles. The highest BCUT2D eigenvalue weighted by Gasteiger charge is 2.30. The first kappa shape index (κ1) is 45.0. The summed E-state index contributed by atoms with van der Waals surface area (Å²) in [5.74, 6) is -0.0880. The van der Waals surface area contributed by atoms with Gasteiger partial charge in [-0.05, 0) is 59.8 Å². The Balaban J connectivity index is 0.851. The molecule has 3 fully saturated rings. The maximum absolute atomic E-state index is 15.8. The van der Waals surface area contributed by atoms with E-state index in [0.717, 1.165) is 49.5 Å². The Bertz CT molecular complexity index is 3280. The number of fused-ring (bicyclic) bond motifs is 2. The first-order valence-corrected chi connectivity index (χ1v) is 23.3. The molecule has 2 aliphatic heterocycles. The number of likely N-dealkylation sites (N-methyl/N-ethyl adjacent to an activating group) is 2. The number of piperazine rings is 2. The van der Waals surface area contributed by atoms with Gasteiger partial charge in [-0.2, -0.15) is 30.1 Å². The number of nitrogens with one attached hydrogen (secondary N) is 4. The lowest BCUT2D eigenvalue weighted by Gasteiger charge is -2.40. The fraction of sp³-hybridized carbons (Fsp3) is 0.375. The minimum Gasteiger partial charge on any atom is -0.421 e. The minimum atomic E-state index is -0.733. The summed E-state index contributed by atoms with van der Waals surface area (Å²) in [4.78, 5) is 33.0. The molecule has 0 radical (unpaired) electrons. The van der Waals surface area contributed by atoms with Crippen molar-refractivity contribution in [1.82, 2.24) is 59.3 Å². The Labute approximate surface area is 399 Å². The van der Waals surface area contributed by atoms with E-state index in [1.54, 1.807) is 26.0 Å². The maximum Gasteiger partial charge on any atom is 0.326 e. The van der Waals surface area contributed by atoms with Gasteiger partial charge in [0, 0.05) is 135 Å². The molecule has 4 N–H and O–H groups in total. The van der Waals surface area contributed by atoms with Crippen LogP contribution in [0.15, 0.2) is 48.5 Å². The van der Waals surface area contributed by atoms with Crippen molar-refractivity contribution in [3.63, 3.8) is 0 Å². The zero-order chi connectivity index (χ0) is 48.5. The fourth-order valence-corrected chi connectivity index (χ4v) is 9.29. The Kier molecular flexibility index (Phi) is 11.5. The molecule has 8 aromatic rings. The SMILES string of the molecule is Cc1cc2c(F)c(Oc3nc(Nc4cc(C5CC5)n(C)n4)cc(N4CCN(C)C(Cn5nc(Nc6cc(N7CCN(C)CC7)nc(Oc7cc(F)c8[nH]c(C)cc8c7F)n6)cc5C)C4)n3)cc(F)c2[nH]1. The van der Waals surface area contributed by atoms with E-state index in [0.29, 0.717) is 91.5 Å². The molecule has 3 aliphatic rings. The molecule has 0 amide bonds. The summed E-state index contributed by atoms with van der Waals surface area (Å²) in [6.07, 6.45) is 2.22. The summed E-state index contributed by atoms with van der Waals surface area (Å²) in [6, 6.07) is 12.2. The van der Waals surface area contributed by atoms with Crippen LogP contribution in [-0.2, 0) is 13.6 Å². The number of aromatic nitrogens is 10. The lowest BCUT2D eigenvalue weighted by atomic mass is 10.1. The van der Waals surface area contributed by atoms with E-state index in [4.69, 9.17) is 19.6 Å². The molecule has 2 saturated heterocycles.